The first-order valence-corrected chi connectivity index (χ1v) is 9.39. The molecule has 1 aromatic heterocycles. The van der Waals surface area contributed by atoms with E-state index in [2.05, 4.69) is 27.0 Å². The zero-order chi connectivity index (χ0) is 19.6. The van der Waals surface area contributed by atoms with Crippen LogP contribution < -0.4 is 0 Å². The Labute approximate surface area is 161 Å². The molecule has 0 aliphatic carbocycles. The Kier molecular flexibility index (Phi) is 5.37. The Morgan fingerprint density at radius 3 is 2.68 bits per heavy atom. The molecule has 1 fully saturated rings. The van der Waals surface area contributed by atoms with E-state index in [1.165, 1.54) is 17.7 Å². The second kappa shape index (κ2) is 7.93. The maximum Gasteiger partial charge on any atom is 0.416 e. The first-order valence-electron chi connectivity index (χ1n) is 9.39. The summed E-state index contributed by atoms with van der Waals surface area (Å²) in [5, 5.41) is 0. The van der Waals surface area contributed by atoms with Gasteiger partial charge in [0.2, 0.25) is 0 Å². The average molecular weight is 389 g/mol. The van der Waals surface area contributed by atoms with Crippen LogP contribution in [0.4, 0.5) is 13.2 Å². The number of alkyl halides is 3. The maximum absolute atomic E-state index is 12.8. The van der Waals surface area contributed by atoms with Crippen LogP contribution in [0.1, 0.15) is 29.5 Å². The van der Waals surface area contributed by atoms with Crippen molar-refractivity contribution in [3.63, 3.8) is 0 Å². The van der Waals surface area contributed by atoms with Crippen molar-refractivity contribution in [2.24, 2.45) is 0 Å². The van der Waals surface area contributed by atoms with Gasteiger partial charge >= 0.3 is 6.18 Å². The fraction of sp³-hybridized carbons (Fsp3) is 0.381. The second-order valence-corrected chi connectivity index (χ2v) is 7.24. The zero-order valence-electron chi connectivity index (χ0n) is 15.4. The van der Waals surface area contributed by atoms with Crippen molar-refractivity contribution in [2.45, 2.75) is 38.3 Å². The van der Waals surface area contributed by atoms with Crippen molar-refractivity contribution >= 4 is 11.0 Å². The summed E-state index contributed by atoms with van der Waals surface area (Å²) < 4.78 is 44.3. The number of aromatic nitrogens is 2. The largest absolute Gasteiger partial charge is 0.416 e. The number of nitrogens with one attached hydrogen (secondary N) is 1. The minimum atomic E-state index is -4.32. The van der Waals surface area contributed by atoms with Crippen LogP contribution in [0.15, 0.2) is 48.8 Å². The van der Waals surface area contributed by atoms with Crippen molar-refractivity contribution in [1.82, 2.24) is 14.9 Å². The van der Waals surface area contributed by atoms with E-state index in [9.17, 15) is 13.2 Å². The lowest BCUT2D eigenvalue weighted by atomic mass is 10.1. The number of halogens is 3. The van der Waals surface area contributed by atoms with Gasteiger partial charge in [-0.15, -0.1) is 0 Å². The van der Waals surface area contributed by atoms with E-state index in [1.54, 1.807) is 12.4 Å². The zero-order valence-corrected chi connectivity index (χ0v) is 15.4. The molecular formula is C21H22F3N3O. The summed E-state index contributed by atoms with van der Waals surface area (Å²) in [5.74, 6) is 0. The Bertz CT molecular complexity index is 930. The van der Waals surface area contributed by atoms with Gasteiger partial charge in [-0.25, -0.2) is 4.98 Å². The summed E-state index contributed by atoms with van der Waals surface area (Å²) in [6.07, 6.45) is -0.778. The van der Waals surface area contributed by atoms with Gasteiger partial charge in [0.1, 0.15) is 0 Å². The quantitative estimate of drug-likeness (QED) is 0.684. The first kappa shape index (κ1) is 19.0. The SMILES string of the molecule is FC(F)(F)c1cccc(COC2CCN(Cc3ccc4nc[nH]c4c3)CC2)c1. The highest BCUT2D eigenvalue weighted by atomic mass is 19.4. The molecule has 1 aliphatic heterocycles. The number of hydrogen-bond acceptors (Lipinski definition) is 3. The molecule has 0 unspecified atom stereocenters. The van der Waals surface area contributed by atoms with E-state index in [1.807, 2.05) is 6.07 Å². The molecule has 4 rings (SSSR count). The number of imidazole rings is 1. The van der Waals surface area contributed by atoms with Gasteiger partial charge in [-0.1, -0.05) is 18.2 Å². The third-order valence-electron chi connectivity index (χ3n) is 5.17. The number of ether oxygens (including phenoxy) is 1. The highest BCUT2D eigenvalue weighted by molar-refractivity contribution is 5.74. The minimum Gasteiger partial charge on any atom is -0.373 e. The summed E-state index contributed by atoms with van der Waals surface area (Å²) in [7, 11) is 0. The Balaban J connectivity index is 1.26. The van der Waals surface area contributed by atoms with E-state index in [-0.39, 0.29) is 12.7 Å². The normalized spacial score (nSPS) is 16.7. The highest BCUT2D eigenvalue weighted by Gasteiger charge is 2.30. The van der Waals surface area contributed by atoms with E-state index >= 15 is 0 Å². The number of H-pyrrole nitrogens is 1. The van der Waals surface area contributed by atoms with Crippen LogP contribution in [-0.2, 0) is 24.1 Å². The molecule has 1 aliphatic rings. The average Bonchev–Trinajstić information content (AvgIpc) is 3.15. The standard InChI is InChI=1S/C21H22F3N3O/c22-21(23,24)17-3-1-2-16(10-17)13-28-18-6-8-27(9-7-18)12-15-4-5-19-20(11-15)26-14-25-19/h1-5,10-11,14,18H,6-9,12-13H2,(H,25,26). The van der Waals surface area contributed by atoms with Crippen LogP contribution in [0.25, 0.3) is 11.0 Å². The van der Waals surface area contributed by atoms with Crippen molar-refractivity contribution in [2.75, 3.05) is 13.1 Å². The van der Waals surface area contributed by atoms with Crippen molar-refractivity contribution in [1.29, 1.82) is 0 Å². The number of rotatable bonds is 5. The molecule has 0 atom stereocenters. The maximum atomic E-state index is 12.8. The summed E-state index contributed by atoms with van der Waals surface area (Å²) >= 11 is 0. The second-order valence-electron chi connectivity index (χ2n) is 7.24. The van der Waals surface area contributed by atoms with Crippen molar-refractivity contribution in [3.05, 3.63) is 65.5 Å². The summed E-state index contributed by atoms with van der Waals surface area (Å²) in [6.45, 7) is 2.91. The summed E-state index contributed by atoms with van der Waals surface area (Å²) in [5.41, 5.74) is 3.17. The fourth-order valence-electron chi connectivity index (χ4n) is 3.62. The molecule has 2 aromatic carbocycles. The van der Waals surface area contributed by atoms with Gasteiger partial charge in [0, 0.05) is 19.6 Å². The first-order chi connectivity index (χ1) is 13.5. The summed E-state index contributed by atoms with van der Waals surface area (Å²) in [6, 6.07) is 11.6. The van der Waals surface area contributed by atoms with Gasteiger partial charge < -0.3 is 9.72 Å². The van der Waals surface area contributed by atoms with Crippen molar-refractivity contribution in [3.8, 4) is 0 Å². The molecule has 2 heterocycles. The lowest BCUT2D eigenvalue weighted by Gasteiger charge is -2.32. The minimum absolute atomic E-state index is 0.0841. The Morgan fingerprint density at radius 1 is 1.07 bits per heavy atom. The molecule has 7 heteroatoms. The lowest BCUT2D eigenvalue weighted by molar-refractivity contribution is -0.137. The Hall–Kier alpha value is -2.38. The van der Waals surface area contributed by atoms with Gasteiger partial charge in [-0.2, -0.15) is 13.2 Å². The number of fused-ring (bicyclic) bond motifs is 1. The Morgan fingerprint density at radius 2 is 1.89 bits per heavy atom. The molecule has 0 spiro atoms. The molecular weight excluding hydrogens is 367 g/mol. The van der Waals surface area contributed by atoms with Crippen LogP contribution in [0.2, 0.25) is 0 Å². The van der Waals surface area contributed by atoms with E-state index in [0.717, 1.165) is 49.6 Å². The predicted molar refractivity (Wildman–Crippen MR) is 101 cm³/mol. The van der Waals surface area contributed by atoms with Gasteiger partial charge in [-0.05, 0) is 48.2 Å². The third-order valence-corrected chi connectivity index (χ3v) is 5.17. The number of aromatic amines is 1. The van der Waals surface area contributed by atoms with Gasteiger partial charge in [0.15, 0.2) is 0 Å². The third kappa shape index (κ3) is 4.54. The molecule has 1 N–H and O–H groups in total. The number of piperidine rings is 1. The molecule has 28 heavy (non-hydrogen) atoms. The summed E-state index contributed by atoms with van der Waals surface area (Å²) in [4.78, 5) is 9.74. The van der Waals surface area contributed by atoms with E-state index in [4.69, 9.17) is 4.74 Å². The number of hydrogen-bond donors (Lipinski definition) is 1. The number of benzene rings is 2. The molecule has 0 amide bonds. The van der Waals surface area contributed by atoms with Crippen LogP contribution >= 0.6 is 0 Å². The van der Waals surface area contributed by atoms with Gasteiger partial charge in [-0.3, -0.25) is 4.90 Å². The smallest absolute Gasteiger partial charge is 0.373 e. The molecule has 148 valence electrons. The monoisotopic (exact) mass is 389 g/mol. The van der Waals surface area contributed by atoms with Crippen LogP contribution in [0.5, 0.6) is 0 Å². The number of nitrogens with zero attached hydrogens (tertiary/aromatic N) is 2. The molecule has 1 saturated heterocycles. The van der Waals surface area contributed by atoms with Crippen LogP contribution in [-0.4, -0.2) is 34.1 Å². The molecule has 0 saturated carbocycles. The lowest BCUT2D eigenvalue weighted by Crippen LogP contribution is -2.36. The number of likely N-dealkylation sites (tertiary alicyclic amines) is 1. The molecule has 0 radical (unpaired) electrons. The van der Waals surface area contributed by atoms with E-state index in [0.29, 0.717) is 5.56 Å². The molecule has 3 aromatic rings. The highest BCUT2D eigenvalue weighted by Crippen LogP contribution is 2.30. The molecule has 4 nitrogen and oxygen atoms in total. The topological polar surface area (TPSA) is 41.1 Å². The molecule has 0 bridgehead atoms. The van der Waals surface area contributed by atoms with Gasteiger partial charge in [0.25, 0.3) is 0 Å². The predicted octanol–water partition coefficient (Wildman–Crippen LogP) is 4.76. The van der Waals surface area contributed by atoms with E-state index < -0.39 is 11.7 Å². The fourth-order valence-corrected chi connectivity index (χ4v) is 3.62. The van der Waals surface area contributed by atoms with Crippen LogP contribution in [0.3, 0.4) is 0 Å². The van der Waals surface area contributed by atoms with Crippen molar-refractivity contribution < 1.29 is 17.9 Å². The van der Waals surface area contributed by atoms with Crippen LogP contribution in [0, 0.1) is 0 Å². The van der Waals surface area contributed by atoms with Gasteiger partial charge in [0.05, 0.1) is 35.6 Å².